The largest absolute Gasteiger partial charge is 0.489 e. The van der Waals surface area contributed by atoms with Crippen molar-refractivity contribution in [2.24, 2.45) is 0 Å². The zero-order valence-corrected chi connectivity index (χ0v) is 22.2. The highest BCUT2D eigenvalue weighted by molar-refractivity contribution is 5.91. The first-order valence-electron chi connectivity index (χ1n) is 13.5. The minimum Gasteiger partial charge on any atom is -0.489 e. The van der Waals surface area contributed by atoms with Gasteiger partial charge >= 0.3 is 12.2 Å². The molecule has 1 aromatic heterocycles. The van der Waals surface area contributed by atoms with Gasteiger partial charge in [-0.25, -0.2) is 14.6 Å². The number of anilines is 1. The molecule has 9 nitrogen and oxygen atoms in total. The second-order valence-corrected chi connectivity index (χ2v) is 11.6. The van der Waals surface area contributed by atoms with Gasteiger partial charge in [0.25, 0.3) is 0 Å². The molecular weight excluding hydrogens is 472 g/mol. The normalized spacial score (nSPS) is 20.8. The van der Waals surface area contributed by atoms with Gasteiger partial charge in [0.2, 0.25) is 0 Å². The van der Waals surface area contributed by atoms with Gasteiger partial charge in [0.15, 0.2) is 0 Å². The molecule has 2 N–H and O–H groups in total. The maximum atomic E-state index is 12.4. The van der Waals surface area contributed by atoms with Gasteiger partial charge in [-0.15, -0.1) is 0 Å². The van der Waals surface area contributed by atoms with E-state index in [0.29, 0.717) is 13.1 Å². The van der Waals surface area contributed by atoms with E-state index in [-0.39, 0.29) is 24.2 Å². The van der Waals surface area contributed by atoms with Crippen molar-refractivity contribution in [3.8, 4) is 17.0 Å². The van der Waals surface area contributed by atoms with Gasteiger partial charge in [-0.1, -0.05) is 0 Å². The van der Waals surface area contributed by atoms with Crippen LogP contribution in [0.3, 0.4) is 0 Å². The second-order valence-electron chi connectivity index (χ2n) is 11.6. The third kappa shape index (κ3) is 5.26. The summed E-state index contributed by atoms with van der Waals surface area (Å²) in [6, 6.07) is 3.78. The highest BCUT2D eigenvalue weighted by Gasteiger charge is 2.34. The molecule has 1 aromatic carbocycles. The summed E-state index contributed by atoms with van der Waals surface area (Å²) in [5, 5.41) is 9.86. The minimum atomic E-state index is -0.935. The third-order valence-electron chi connectivity index (χ3n) is 7.70. The van der Waals surface area contributed by atoms with E-state index in [1.54, 1.807) is 4.90 Å². The quantitative estimate of drug-likeness (QED) is 0.527. The van der Waals surface area contributed by atoms with Crippen molar-refractivity contribution in [1.82, 2.24) is 14.9 Å². The van der Waals surface area contributed by atoms with E-state index in [1.807, 2.05) is 46.0 Å². The molecule has 0 radical (unpaired) electrons. The van der Waals surface area contributed by atoms with E-state index in [0.717, 1.165) is 79.0 Å². The standard InChI is InChI=1S/C28H38N4O5/c1-17-8-9-21-23(32(17)26(33)34)11-10-20(24(21)36-19-6-5-7-19)22-16-29-25(30-22)18-12-14-31(15-13-18)27(35)37-28(2,3)4/h10-11,16-19H,5-9,12-15H2,1-4H3,(H,29,30)(H,33,34)/t17-/m0/s1. The topological polar surface area (TPSA) is 108 Å². The zero-order chi connectivity index (χ0) is 26.3. The van der Waals surface area contributed by atoms with Gasteiger partial charge in [-0.05, 0) is 84.8 Å². The first-order valence-corrected chi connectivity index (χ1v) is 13.5. The number of fused-ring (bicyclic) bond motifs is 1. The highest BCUT2D eigenvalue weighted by atomic mass is 16.6. The van der Waals surface area contributed by atoms with E-state index >= 15 is 0 Å². The Morgan fingerprint density at radius 2 is 1.84 bits per heavy atom. The monoisotopic (exact) mass is 510 g/mol. The number of rotatable bonds is 4. The predicted octanol–water partition coefficient (Wildman–Crippen LogP) is 5.94. The Bertz CT molecular complexity index is 1160. The molecule has 3 aliphatic rings. The Labute approximate surface area is 218 Å². The van der Waals surface area contributed by atoms with Crippen molar-refractivity contribution in [1.29, 1.82) is 0 Å². The average Bonchev–Trinajstić information content (AvgIpc) is 3.30. The number of hydrogen-bond donors (Lipinski definition) is 2. The average molecular weight is 511 g/mol. The van der Waals surface area contributed by atoms with Gasteiger partial charge in [0, 0.05) is 42.4 Å². The number of ether oxygens (including phenoxy) is 2. The third-order valence-corrected chi connectivity index (χ3v) is 7.70. The van der Waals surface area contributed by atoms with Crippen molar-refractivity contribution in [3.05, 3.63) is 29.7 Å². The number of imidazole rings is 1. The molecule has 1 saturated heterocycles. The predicted molar refractivity (Wildman–Crippen MR) is 140 cm³/mol. The fourth-order valence-electron chi connectivity index (χ4n) is 5.43. The lowest BCUT2D eigenvalue weighted by molar-refractivity contribution is 0.0203. The highest BCUT2D eigenvalue weighted by Crippen LogP contribution is 2.44. The fourth-order valence-corrected chi connectivity index (χ4v) is 5.43. The molecule has 2 aromatic rings. The van der Waals surface area contributed by atoms with Gasteiger partial charge in [-0.3, -0.25) is 4.90 Å². The number of carbonyl (C=O) groups excluding carboxylic acids is 1. The molecule has 0 spiro atoms. The molecule has 0 bridgehead atoms. The molecule has 2 fully saturated rings. The molecule has 5 rings (SSSR count). The molecule has 37 heavy (non-hydrogen) atoms. The number of nitrogens with zero attached hydrogens (tertiary/aromatic N) is 3. The summed E-state index contributed by atoms with van der Waals surface area (Å²) in [6.07, 6.45) is 7.24. The van der Waals surface area contributed by atoms with Gasteiger partial charge < -0.3 is 24.5 Å². The van der Waals surface area contributed by atoms with Crippen LogP contribution < -0.4 is 9.64 Å². The maximum absolute atomic E-state index is 12.4. The van der Waals surface area contributed by atoms with Crippen LogP contribution in [-0.4, -0.2) is 63.0 Å². The lowest BCUT2D eigenvalue weighted by Crippen LogP contribution is -2.41. The van der Waals surface area contributed by atoms with Crippen LogP contribution in [0.25, 0.3) is 11.3 Å². The fraction of sp³-hybridized carbons (Fsp3) is 0.607. The van der Waals surface area contributed by atoms with Crippen molar-refractivity contribution >= 4 is 17.9 Å². The van der Waals surface area contributed by atoms with E-state index in [2.05, 4.69) is 4.98 Å². The van der Waals surface area contributed by atoms with Gasteiger partial charge in [-0.2, -0.15) is 0 Å². The molecule has 9 heteroatoms. The summed E-state index contributed by atoms with van der Waals surface area (Å²) in [5.74, 6) is 1.91. The Morgan fingerprint density at radius 1 is 1.11 bits per heavy atom. The van der Waals surface area contributed by atoms with Crippen LogP contribution in [0.2, 0.25) is 0 Å². The van der Waals surface area contributed by atoms with E-state index in [4.69, 9.17) is 14.5 Å². The van der Waals surface area contributed by atoms with Crippen LogP contribution in [0.5, 0.6) is 5.75 Å². The van der Waals surface area contributed by atoms with Crippen molar-refractivity contribution in [2.75, 3.05) is 18.0 Å². The summed E-state index contributed by atoms with van der Waals surface area (Å²) < 4.78 is 12.0. The van der Waals surface area contributed by atoms with Crippen LogP contribution in [0.1, 0.15) is 83.5 Å². The number of amides is 2. The van der Waals surface area contributed by atoms with Crippen LogP contribution in [0.4, 0.5) is 15.3 Å². The van der Waals surface area contributed by atoms with E-state index in [1.165, 1.54) is 4.90 Å². The zero-order valence-electron chi connectivity index (χ0n) is 22.2. The number of carbonyl (C=O) groups is 2. The number of benzene rings is 1. The SMILES string of the molecule is C[C@H]1CCc2c(ccc(-c3c[nH]c(C4CCN(C(=O)OC(C)(C)C)CC4)n3)c2OC2CCC2)N1C(=O)O. The summed E-state index contributed by atoms with van der Waals surface area (Å²) in [5.41, 5.74) is 2.88. The number of aromatic nitrogens is 2. The van der Waals surface area contributed by atoms with Crippen molar-refractivity contribution < 1.29 is 24.2 Å². The Morgan fingerprint density at radius 3 is 2.46 bits per heavy atom. The lowest BCUT2D eigenvalue weighted by Gasteiger charge is -2.36. The molecule has 1 aliphatic carbocycles. The first kappa shape index (κ1) is 25.4. The number of hydrogen-bond acceptors (Lipinski definition) is 5. The lowest BCUT2D eigenvalue weighted by atomic mass is 9.92. The van der Waals surface area contributed by atoms with Crippen LogP contribution >= 0.6 is 0 Å². The van der Waals surface area contributed by atoms with Crippen molar-refractivity contribution in [2.45, 2.75) is 96.3 Å². The van der Waals surface area contributed by atoms with Crippen LogP contribution in [0, 0.1) is 0 Å². The molecule has 1 atom stereocenters. The molecule has 2 aliphatic heterocycles. The summed E-state index contributed by atoms with van der Waals surface area (Å²) in [6.45, 7) is 8.86. The Kier molecular flexibility index (Phi) is 6.81. The molecule has 1 saturated carbocycles. The van der Waals surface area contributed by atoms with E-state index < -0.39 is 11.7 Å². The van der Waals surface area contributed by atoms with Crippen LogP contribution in [-0.2, 0) is 11.2 Å². The van der Waals surface area contributed by atoms with Gasteiger partial charge in [0.1, 0.15) is 17.2 Å². The van der Waals surface area contributed by atoms with Gasteiger partial charge in [0.05, 0.1) is 17.5 Å². The summed E-state index contributed by atoms with van der Waals surface area (Å²) >= 11 is 0. The summed E-state index contributed by atoms with van der Waals surface area (Å²) in [4.78, 5) is 36.0. The molecule has 0 unspecified atom stereocenters. The number of nitrogens with one attached hydrogen (secondary N) is 1. The van der Waals surface area contributed by atoms with Crippen molar-refractivity contribution in [3.63, 3.8) is 0 Å². The Hall–Kier alpha value is -3.23. The van der Waals surface area contributed by atoms with Crippen LogP contribution in [0.15, 0.2) is 18.3 Å². The number of aromatic amines is 1. The molecule has 3 heterocycles. The number of piperidine rings is 1. The Balaban J connectivity index is 1.37. The van der Waals surface area contributed by atoms with E-state index in [9.17, 15) is 14.7 Å². The minimum absolute atomic E-state index is 0.0732. The molecular formula is C28H38N4O5. The number of H-pyrrole nitrogens is 1. The second kappa shape index (κ2) is 9.91. The number of carboxylic acid groups (broad SMARTS) is 1. The summed E-state index contributed by atoms with van der Waals surface area (Å²) in [7, 11) is 0. The maximum Gasteiger partial charge on any atom is 0.412 e. The first-order chi connectivity index (χ1) is 17.6. The smallest absolute Gasteiger partial charge is 0.412 e. The number of likely N-dealkylation sites (tertiary alicyclic amines) is 1. The molecule has 200 valence electrons. The molecule has 2 amide bonds.